The number of hydrogen-bond donors (Lipinski definition) is 1. The van der Waals surface area contributed by atoms with Gasteiger partial charge in [-0.1, -0.05) is 6.92 Å². The van der Waals surface area contributed by atoms with Crippen LogP contribution in [-0.4, -0.2) is 29.1 Å². The van der Waals surface area contributed by atoms with Crippen LogP contribution in [0.3, 0.4) is 0 Å². The van der Waals surface area contributed by atoms with Crippen LogP contribution in [0, 0.1) is 6.92 Å². The lowest BCUT2D eigenvalue weighted by molar-refractivity contribution is 0.445. The van der Waals surface area contributed by atoms with Crippen LogP contribution in [0.4, 0.5) is 11.6 Å². The van der Waals surface area contributed by atoms with Crippen molar-refractivity contribution in [2.24, 2.45) is 0 Å². The molecule has 2 aliphatic rings. The van der Waals surface area contributed by atoms with Gasteiger partial charge in [0.2, 0.25) is 0 Å². The summed E-state index contributed by atoms with van der Waals surface area (Å²) in [5, 5.41) is 3.43. The van der Waals surface area contributed by atoms with E-state index in [1.165, 1.54) is 49.9 Å². The van der Waals surface area contributed by atoms with E-state index in [4.69, 9.17) is 9.97 Å². The van der Waals surface area contributed by atoms with E-state index in [-0.39, 0.29) is 0 Å². The molecule has 0 aromatic carbocycles. The molecule has 2 heterocycles. The summed E-state index contributed by atoms with van der Waals surface area (Å²) in [5.74, 6) is 3.90. The Balaban J connectivity index is 1.98. The summed E-state index contributed by atoms with van der Waals surface area (Å²) in [6.07, 6.45) is 7.66. The van der Waals surface area contributed by atoms with Gasteiger partial charge in [-0.15, -0.1) is 0 Å². The molecule has 116 valence electrons. The van der Waals surface area contributed by atoms with E-state index in [1.54, 1.807) is 0 Å². The van der Waals surface area contributed by atoms with E-state index >= 15 is 0 Å². The maximum atomic E-state index is 4.97. The van der Waals surface area contributed by atoms with Crippen molar-refractivity contribution < 1.29 is 0 Å². The summed E-state index contributed by atoms with van der Waals surface area (Å²) < 4.78 is 0. The zero-order valence-corrected chi connectivity index (χ0v) is 13.7. The first-order chi connectivity index (χ1) is 10.2. The zero-order valence-electron chi connectivity index (χ0n) is 13.7. The highest BCUT2D eigenvalue weighted by molar-refractivity contribution is 5.59. The van der Waals surface area contributed by atoms with Crippen LogP contribution in [0.1, 0.15) is 69.7 Å². The SMILES string of the molecule is CCNc1nc(C2CC2)nc(N2CCCCC2CC)c1C. The third kappa shape index (κ3) is 2.99. The number of hydrogen-bond acceptors (Lipinski definition) is 4. The fourth-order valence-electron chi connectivity index (χ4n) is 3.37. The summed E-state index contributed by atoms with van der Waals surface area (Å²) in [6, 6.07) is 0.647. The molecule has 1 aromatic rings. The van der Waals surface area contributed by atoms with Crippen molar-refractivity contribution in [2.45, 2.75) is 71.3 Å². The number of nitrogens with zero attached hydrogens (tertiary/aromatic N) is 3. The molecule has 1 saturated heterocycles. The van der Waals surface area contributed by atoms with Crippen molar-refractivity contribution in [2.75, 3.05) is 23.3 Å². The Labute approximate surface area is 128 Å². The average molecular weight is 288 g/mol. The minimum absolute atomic E-state index is 0.603. The van der Waals surface area contributed by atoms with Gasteiger partial charge < -0.3 is 10.2 Å². The van der Waals surface area contributed by atoms with Crippen LogP contribution in [0.25, 0.3) is 0 Å². The summed E-state index contributed by atoms with van der Waals surface area (Å²) in [4.78, 5) is 12.3. The molecule has 4 heteroatoms. The van der Waals surface area contributed by atoms with Crippen LogP contribution < -0.4 is 10.2 Å². The second-order valence-electron chi connectivity index (χ2n) is 6.43. The van der Waals surface area contributed by atoms with Gasteiger partial charge in [0.1, 0.15) is 17.5 Å². The lowest BCUT2D eigenvalue weighted by Gasteiger charge is -2.37. The van der Waals surface area contributed by atoms with E-state index in [2.05, 4.69) is 31.0 Å². The minimum atomic E-state index is 0.603. The lowest BCUT2D eigenvalue weighted by atomic mass is 9.99. The first-order valence-corrected chi connectivity index (χ1v) is 8.63. The van der Waals surface area contributed by atoms with Crippen LogP contribution >= 0.6 is 0 Å². The predicted octanol–water partition coefficient (Wildman–Crippen LogP) is 3.86. The highest BCUT2D eigenvalue weighted by Gasteiger charge is 2.30. The fraction of sp³-hybridized carbons (Fsp3) is 0.765. The Morgan fingerprint density at radius 3 is 2.62 bits per heavy atom. The molecule has 0 radical (unpaired) electrons. The summed E-state index contributed by atoms with van der Waals surface area (Å²) in [7, 11) is 0. The Morgan fingerprint density at radius 2 is 1.95 bits per heavy atom. The molecule has 0 spiro atoms. The summed E-state index contributed by atoms with van der Waals surface area (Å²) in [6.45, 7) is 8.66. The van der Waals surface area contributed by atoms with Gasteiger partial charge in [0.15, 0.2) is 0 Å². The molecule has 1 atom stereocenters. The van der Waals surface area contributed by atoms with E-state index in [1.807, 2.05) is 0 Å². The largest absolute Gasteiger partial charge is 0.370 e. The molecule has 3 rings (SSSR count). The molecule has 2 fully saturated rings. The van der Waals surface area contributed by atoms with Crippen LogP contribution in [0.15, 0.2) is 0 Å². The molecular weight excluding hydrogens is 260 g/mol. The first kappa shape index (κ1) is 14.6. The Hall–Kier alpha value is -1.32. The van der Waals surface area contributed by atoms with Gasteiger partial charge in [0.05, 0.1) is 0 Å². The molecule has 1 aliphatic heterocycles. The predicted molar refractivity (Wildman–Crippen MR) is 88.2 cm³/mol. The number of nitrogens with one attached hydrogen (secondary N) is 1. The normalized spacial score (nSPS) is 22.4. The molecular formula is C17H28N4. The van der Waals surface area contributed by atoms with Crippen molar-refractivity contribution in [1.29, 1.82) is 0 Å². The van der Waals surface area contributed by atoms with Gasteiger partial charge in [-0.25, -0.2) is 9.97 Å². The third-order valence-electron chi connectivity index (χ3n) is 4.79. The van der Waals surface area contributed by atoms with Crippen LogP contribution in [0.5, 0.6) is 0 Å². The molecule has 0 bridgehead atoms. The number of rotatable bonds is 5. The quantitative estimate of drug-likeness (QED) is 0.893. The maximum Gasteiger partial charge on any atom is 0.137 e. The van der Waals surface area contributed by atoms with Crippen molar-refractivity contribution in [3.63, 3.8) is 0 Å². The molecule has 1 saturated carbocycles. The van der Waals surface area contributed by atoms with Crippen molar-refractivity contribution >= 4 is 11.6 Å². The standard InChI is InChI=1S/C17H28N4/c1-4-14-8-6-7-11-21(14)17-12(3)15(18-5-2)19-16(20-17)13-9-10-13/h13-14H,4-11H2,1-3H3,(H,18,19,20). The molecule has 1 aromatic heterocycles. The summed E-state index contributed by atoms with van der Waals surface area (Å²) >= 11 is 0. The van der Waals surface area contributed by atoms with Crippen molar-refractivity contribution in [3.8, 4) is 0 Å². The molecule has 0 amide bonds. The van der Waals surface area contributed by atoms with Crippen molar-refractivity contribution in [1.82, 2.24) is 9.97 Å². The smallest absolute Gasteiger partial charge is 0.137 e. The second-order valence-corrected chi connectivity index (χ2v) is 6.43. The monoisotopic (exact) mass is 288 g/mol. The first-order valence-electron chi connectivity index (χ1n) is 8.63. The highest BCUT2D eigenvalue weighted by atomic mass is 15.2. The Kier molecular flexibility index (Phi) is 4.32. The summed E-state index contributed by atoms with van der Waals surface area (Å²) in [5.41, 5.74) is 1.22. The van der Waals surface area contributed by atoms with E-state index in [9.17, 15) is 0 Å². The Morgan fingerprint density at radius 1 is 1.14 bits per heavy atom. The van der Waals surface area contributed by atoms with Crippen LogP contribution in [-0.2, 0) is 0 Å². The molecule has 1 aliphatic carbocycles. The second kappa shape index (κ2) is 6.20. The zero-order chi connectivity index (χ0) is 14.8. The van der Waals surface area contributed by atoms with E-state index in [0.29, 0.717) is 12.0 Å². The van der Waals surface area contributed by atoms with E-state index < -0.39 is 0 Å². The topological polar surface area (TPSA) is 41.1 Å². The molecule has 1 N–H and O–H groups in total. The van der Waals surface area contributed by atoms with Gasteiger partial charge in [-0.3, -0.25) is 0 Å². The number of aromatic nitrogens is 2. The Bertz CT molecular complexity index is 496. The maximum absolute atomic E-state index is 4.97. The van der Waals surface area contributed by atoms with E-state index in [0.717, 1.165) is 24.7 Å². The molecule has 21 heavy (non-hydrogen) atoms. The van der Waals surface area contributed by atoms with Gasteiger partial charge in [-0.05, 0) is 52.4 Å². The fourth-order valence-corrected chi connectivity index (χ4v) is 3.37. The van der Waals surface area contributed by atoms with Gasteiger partial charge in [0.25, 0.3) is 0 Å². The third-order valence-corrected chi connectivity index (χ3v) is 4.79. The minimum Gasteiger partial charge on any atom is -0.370 e. The average Bonchev–Trinajstić information content (AvgIpc) is 3.34. The number of piperidine rings is 1. The van der Waals surface area contributed by atoms with Gasteiger partial charge in [-0.2, -0.15) is 0 Å². The molecule has 1 unspecified atom stereocenters. The van der Waals surface area contributed by atoms with Gasteiger partial charge >= 0.3 is 0 Å². The lowest BCUT2D eigenvalue weighted by Crippen LogP contribution is -2.40. The van der Waals surface area contributed by atoms with Gasteiger partial charge in [0, 0.05) is 30.6 Å². The highest BCUT2D eigenvalue weighted by Crippen LogP contribution is 2.40. The molecule has 4 nitrogen and oxygen atoms in total. The van der Waals surface area contributed by atoms with Crippen LogP contribution in [0.2, 0.25) is 0 Å². The number of anilines is 2. The van der Waals surface area contributed by atoms with Crippen molar-refractivity contribution in [3.05, 3.63) is 11.4 Å².